The number of nitrogens with one attached hydrogen (secondary N) is 1. The summed E-state index contributed by atoms with van der Waals surface area (Å²) in [5, 5.41) is 14.2. The zero-order valence-electron chi connectivity index (χ0n) is 7.07. The van der Waals surface area contributed by atoms with E-state index in [-0.39, 0.29) is 18.2 Å². The minimum Gasteiger partial charge on any atom is -0.398 e. The molecule has 0 aromatic rings. The van der Waals surface area contributed by atoms with E-state index < -0.39 is 0 Å². The number of carbonyl (C=O) groups excluding carboxylic acids is 1. The molecule has 0 radical (unpaired) electrons. The lowest BCUT2D eigenvalue weighted by Crippen LogP contribution is -2.26. The van der Waals surface area contributed by atoms with Gasteiger partial charge >= 0.3 is 0 Å². The SMILES string of the molecule is CNC(=O)C(C=CCO)=NOC. The molecule has 2 N–H and O–H groups in total. The van der Waals surface area contributed by atoms with Crippen molar-refractivity contribution in [2.45, 2.75) is 0 Å². The highest BCUT2D eigenvalue weighted by atomic mass is 16.6. The summed E-state index contributed by atoms with van der Waals surface area (Å²) in [5.41, 5.74) is 0.119. The molecular formula is C7H12N2O3. The molecule has 0 aromatic carbocycles. The molecule has 0 rings (SSSR count). The number of oxime groups is 1. The van der Waals surface area contributed by atoms with E-state index in [1.807, 2.05) is 0 Å². The highest BCUT2D eigenvalue weighted by molar-refractivity contribution is 6.43. The molecule has 5 nitrogen and oxygen atoms in total. The van der Waals surface area contributed by atoms with Crippen LogP contribution in [0.2, 0.25) is 0 Å². The molecule has 0 heterocycles. The molecule has 0 saturated carbocycles. The van der Waals surface area contributed by atoms with Crippen LogP contribution in [0.15, 0.2) is 17.3 Å². The number of aliphatic hydroxyl groups excluding tert-OH is 1. The second kappa shape index (κ2) is 6.36. The van der Waals surface area contributed by atoms with Gasteiger partial charge in [0.25, 0.3) is 5.91 Å². The Morgan fingerprint density at radius 1 is 1.75 bits per heavy atom. The molecule has 0 bridgehead atoms. The largest absolute Gasteiger partial charge is 0.398 e. The molecular weight excluding hydrogens is 160 g/mol. The smallest absolute Gasteiger partial charge is 0.273 e. The van der Waals surface area contributed by atoms with Crippen LogP contribution in [0.1, 0.15) is 0 Å². The summed E-state index contributed by atoms with van der Waals surface area (Å²) >= 11 is 0. The fraction of sp³-hybridized carbons (Fsp3) is 0.429. The normalized spacial score (nSPS) is 11.8. The predicted octanol–water partition coefficient (Wildman–Crippen LogP) is -0.717. The highest BCUT2D eigenvalue weighted by Gasteiger charge is 2.04. The van der Waals surface area contributed by atoms with Gasteiger partial charge in [-0.3, -0.25) is 4.79 Å². The second-order valence-corrected chi connectivity index (χ2v) is 1.82. The molecule has 1 amide bonds. The molecule has 0 saturated heterocycles. The molecule has 0 fully saturated rings. The lowest BCUT2D eigenvalue weighted by Gasteiger charge is -1.97. The number of rotatable bonds is 4. The number of amides is 1. The summed E-state index contributed by atoms with van der Waals surface area (Å²) in [6.07, 6.45) is 2.77. The van der Waals surface area contributed by atoms with Gasteiger partial charge in [-0.2, -0.15) is 0 Å². The van der Waals surface area contributed by atoms with Gasteiger partial charge in [0.05, 0.1) is 6.61 Å². The Morgan fingerprint density at radius 3 is 2.83 bits per heavy atom. The van der Waals surface area contributed by atoms with Crippen molar-refractivity contribution in [3.05, 3.63) is 12.2 Å². The van der Waals surface area contributed by atoms with Crippen LogP contribution >= 0.6 is 0 Å². The van der Waals surface area contributed by atoms with Crippen molar-refractivity contribution < 1.29 is 14.7 Å². The summed E-state index contributed by atoms with van der Waals surface area (Å²) in [6.45, 7) is -0.139. The molecule has 0 unspecified atom stereocenters. The van der Waals surface area contributed by atoms with Crippen LogP contribution in [-0.2, 0) is 9.63 Å². The van der Waals surface area contributed by atoms with Crippen molar-refractivity contribution in [3.63, 3.8) is 0 Å². The quantitative estimate of drug-likeness (QED) is 0.434. The van der Waals surface area contributed by atoms with E-state index in [1.165, 1.54) is 26.3 Å². The average Bonchev–Trinajstić information content (AvgIpc) is 2.11. The van der Waals surface area contributed by atoms with Gasteiger partial charge in [0, 0.05) is 7.05 Å². The number of aliphatic hydroxyl groups is 1. The average molecular weight is 172 g/mol. The van der Waals surface area contributed by atoms with Crippen molar-refractivity contribution in [2.24, 2.45) is 5.16 Å². The maximum absolute atomic E-state index is 11.0. The summed E-state index contributed by atoms with van der Waals surface area (Å²) in [6, 6.07) is 0. The van der Waals surface area contributed by atoms with Crippen molar-refractivity contribution >= 4 is 11.6 Å². The fourth-order valence-electron chi connectivity index (χ4n) is 0.538. The molecule has 0 aliphatic carbocycles. The van der Waals surface area contributed by atoms with Gasteiger partial charge in [0.2, 0.25) is 0 Å². The number of carbonyl (C=O) groups is 1. The van der Waals surface area contributed by atoms with Crippen LogP contribution in [0, 0.1) is 0 Å². The third-order valence-electron chi connectivity index (χ3n) is 1.03. The number of hydrogen-bond donors (Lipinski definition) is 2. The Hall–Kier alpha value is -1.36. The first-order valence-electron chi connectivity index (χ1n) is 3.37. The van der Waals surface area contributed by atoms with E-state index in [2.05, 4.69) is 15.3 Å². The van der Waals surface area contributed by atoms with E-state index in [0.717, 1.165) is 0 Å². The van der Waals surface area contributed by atoms with Crippen molar-refractivity contribution in [2.75, 3.05) is 20.8 Å². The lowest BCUT2D eigenvalue weighted by molar-refractivity contribution is -0.114. The minimum atomic E-state index is -0.360. The first-order valence-corrected chi connectivity index (χ1v) is 3.37. The van der Waals surface area contributed by atoms with Crippen LogP contribution in [0.25, 0.3) is 0 Å². The van der Waals surface area contributed by atoms with Gasteiger partial charge in [-0.1, -0.05) is 11.2 Å². The maximum Gasteiger partial charge on any atom is 0.273 e. The Balaban J connectivity index is 4.34. The summed E-state index contributed by atoms with van der Waals surface area (Å²) < 4.78 is 0. The molecule has 68 valence electrons. The fourth-order valence-corrected chi connectivity index (χ4v) is 0.538. The van der Waals surface area contributed by atoms with Gasteiger partial charge in [0.1, 0.15) is 7.11 Å². The standard InChI is InChI=1S/C7H12N2O3/c1-8-7(11)6(9-12-2)4-3-5-10/h3-4,10H,5H2,1-2H3,(H,8,11). The highest BCUT2D eigenvalue weighted by Crippen LogP contribution is 1.84. The molecule has 12 heavy (non-hydrogen) atoms. The number of hydrogen-bond acceptors (Lipinski definition) is 4. The zero-order valence-corrected chi connectivity index (χ0v) is 7.07. The van der Waals surface area contributed by atoms with Gasteiger partial charge in [-0.25, -0.2) is 0 Å². The zero-order chi connectivity index (χ0) is 9.40. The topological polar surface area (TPSA) is 70.9 Å². The maximum atomic E-state index is 11.0. The summed E-state index contributed by atoms with van der Waals surface area (Å²) in [4.78, 5) is 15.4. The van der Waals surface area contributed by atoms with Gasteiger partial charge < -0.3 is 15.3 Å². The van der Waals surface area contributed by atoms with Crippen LogP contribution in [0.4, 0.5) is 0 Å². The Morgan fingerprint density at radius 2 is 2.42 bits per heavy atom. The van der Waals surface area contributed by atoms with Crippen molar-refractivity contribution in [3.8, 4) is 0 Å². The van der Waals surface area contributed by atoms with Gasteiger partial charge in [-0.05, 0) is 6.08 Å². The third-order valence-corrected chi connectivity index (χ3v) is 1.03. The third kappa shape index (κ3) is 3.72. The molecule has 0 aliphatic heterocycles. The van der Waals surface area contributed by atoms with Crippen LogP contribution < -0.4 is 5.32 Å². The lowest BCUT2D eigenvalue weighted by atomic mass is 10.3. The van der Waals surface area contributed by atoms with Crippen LogP contribution in [-0.4, -0.2) is 37.5 Å². The first-order chi connectivity index (χ1) is 5.76. The molecule has 5 heteroatoms. The van der Waals surface area contributed by atoms with Gasteiger partial charge in [0.15, 0.2) is 5.71 Å². The molecule has 0 spiro atoms. The minimum absolute atomic E-state index is 0.119. The van der Waals surface area contributed by atoms with E-state index in [4.69, 9.17) is 5.11 Å². The summed E-state index contributed by atoms with van der Waals surface area (Å²) in [5.74, 6) is -0.360. The molecule has 0 aromatic heterocycles. The van der Waals surface area contributed by atoms with E-state index in [9.17, 15) is 4.79 Å². The molecule has 0 atom stereocenters. The molecule has 0 aliphatic rings. The van der Waals surface area contributed by atoms with Crippen LogP contribution in [0.3, 0.4) is 0 Å². The number of nitrogens with zero attached hydrogens (tertiary/aromatic N) is 1. The van der Waals surface area contributed by atoms with Gasteiger partial charge in [-0.15, -0.1) is 0 Å². The summed E-state index contributed by atoms with van der Waals surface area (Å²) in [7, 11) is 2.83. The van der Waals surface area contributed by atoms with Crippen LogP contribution in [0.5, 0.6) is 0 Å². The predicted molar refractivity (Wildman–Crippen MR) is 44.7 cm³/mol. The monoisotopic (exact) mass is 172 g/mol. The van der Waals surface area contributed by atoms with Crippen molar-refractivity contribution in [1.82, 2.24) is 5.32 Å². The van der Waals surface area contributed by atoms with E-state index in [0.29, 0.717) is 0 Å². The van der Waals surface area contributed by atoms with E-state index in [1.54, 1.807) is 0 Å². The second-order valence-electron chi connectivity index (χ2n) is 1.82. The Kier molecular flexibility index (Phi) is 5.64. The van der Waals surface area contributed by atoms with E-state index >= 15 is 0 Å². The first kappa shape index (κ1) is 10.6. The van der Waals surface area contributed by atoms with Crippen molar-refractivity contribution in [1.29, 1.82) is 0 Å². The Bertz CT molecular complexity index is 199. The Labute approximate surface area is 70.7 Å².